The van der Waals surface area contributed by atoms with Crippen LogP contribution in [0.3, 0.4) is 0 Å². The summed E-state index contributed by atoms with van der Waals surface area (Å²) in [6.07, 6.45) is 0.827. The number of ether oxygens (including phenoxy) is 1. The van der Waals surface area contributed by atoms with E-state index in [9.17, 15) is 0 Å². The predicted molar refractivity (Wildman–Crippen MR) is 90.7 cm³/mol. The van der Waals surface area contributed by atoms with Crippen LogP contribution in [-0.2, 0) is 11.3 Å². The summed E-state index contributed by atoms with van der Waals surface area (Å²) in [5.41, 5.74) is 1.26. The second-order valence-electron chi connectivity index (χ2n) is 5.88. The van der Waals surface area contributed by atoms with E-state index >= 15 is 0 Å². The van der Waals surface area contributed by atoms with Crippen LogP contribution in [0.2, 0.25) is 0 Å². The Morgan fingerprint density at radius 1 is 1.22 bits per heavy atom. The van der Waals surface area contributed by atoms with Gasteiger partial charge < -0.3 is 14.3 Å². The molecule has 1 aliphatic heterocycles. The van der Waals surface area contributed by atoms with Gasteiger partial charge in [0.2, 0.25) is 0 Å². The molecule has 0 radical (unpaired) electrons. The highest BCUT2D eigenvalue weighted by Gasteiger charge is 2.21. The smallest absolute Gasteiger partial charge is 0.165 e. The van der Waals surface area contributed by atoms with Gasteiger partial charge in [-0.3, -0.25) is 4.90 Å². The maximum Gasteiger partial charge on any atom is 0.165 e. The van der Waals surface area contributed by atoms with Gasteiger partial charge in [0.1, 0.15) is 5.76 Å². The van der Waals surface area contributed by atoms with Crippen LogP contribution < -0.4 is 0 Å². The third kappa shape index (κ3) is 4.85. The molecule has 0 saturated carbocycles. The van der Waals surface area contributed by atoms with Gasteiger partial charge >= 0.3 is 0 Å². The molecule has 1 aromatic heterocycles. The summed E-state index contributed by atoms with van der Waals surface area (Å²) in [7, 11) is 0. The van der Waals surface area contributed by atoms with Crippen LogP contribution in [-0.4, -0.2) is 42.4 Å². The lowest BCUT2D eigenvalue weighted by Gasteiger charge is -2.32. The number of hydrogen-bond acceptors (Lipinski definition) is 5. The molecule has 0 spiro atoms. The van der Waals surface area contributed by atoms with Gasteiger partial charge in [0.25, 0.3) is 0 Å². The number of aryl methyl sites for hydroxylation is 1. The number of furan rings is 1. The molecule has 0 aliphatic carbocycles. The standard InChI is InChI=1S/C18H23NO3S/c1-14-2-5-17(6-3-14)23-18-7-4-16(22-18)13-19-9-11-21-15(12-19)8-10-20/h2-7,15,20H,8-13H2,1H3. The van der Waals surface area contributed by atoms with E-state index in [2.05, 4.69) is 36.1 Å². The summed E-state index contributed by atoms with van der Waals surface area (Å²) in [4.78, 5) is 3.51. The monoisotopic (exact) mass is 333 g/mol. The Hall–Kier alpha value is -1.27. The van der Waals surface area contributed by atoms with Crippen molar-refractivity contribution in [2.45, 2.75) is 36.0 Å². The number of aliphatic hydroxyl groups excluding tert-OH is 1. The fraction of sp³-hybridized carbons (Fsp3) is 0.444. The molecule has 2 aromatic rings. The van der Waals surface area contributed by atoms with Crippen molar-refractivity contribution in [3.8, 4) is 0 Å². The predicted octanol–water partition coefficient (Wildman–Crippen LogP) is 3.32. The number of hydrogen-bond donors (Lipinski definition) is 1. The van der Waals surface area contributed by atoms with Crippen molar-refractivity contribution >= 4 is 11.8 Å². The highest BCUT2D eigenvalue weighted by molar-refractivity contribution is 7.99. The second kappa shape index (κ2) is 8.02. The Morgan fingerprint density at radius 3 is 2.83 bits per heavy atom. The van der Waals surface area contributed by atoms with E-state index in [1.165, 1.54) is 10.5 Å². The molecule has 1 aromatic carbocycles. The first kappa shape index (κ1) is 16.6. The van der Waals surface area contributed by atoms with Crippen LogP contribution in [0, 0.1) is 6.92 Å². The molecule has 1 N–H and O–H groups in total. The third-order valence-corrected chi connectivity index (χ3v) is 4.86. The minimum Gasteiger partial charge on any atom is -0.453 e. The molecule has 1 atom stereocenters. The zero-order chi connectivity index (χ0) is 16.1. The topological polar surface area (TPSA) is 45.8 Å². The first-order chi connectivity index (χ1) is 11.2. The van der Waals surface area contributed by atoms with Crippen molar-refractivity contribution in [3.63, 3.8) is 0 Å². The van der Waals surface area contributed by atoms with E-state index in [1.807, 2.05) is 12.1 Å². The van der Waals surface area contributed by atoms with Crippen molar-refractivity contribution in [1.82, 2.24) is 4.90 Å². The maximum absolute atomic E-state index is 9.04. The molecule has 4 nitrogen and oxygen atoms in total. The van der Waals surface area contributed by atoms with Gasteiger partial charge in [-0.1, -0.05) is 29.5 Å². The average Bonchev–Trinajstić information content (AvgIpc) is 2.97. The maximum atomic E-state index is 9.04. The molecule has 124 valence electrons. The fourth-order valence-corrected chi connectivity index (χ4v) is 3.47. The van der Waals surface area contributed by atoms with Gasteiger partial charge in [0.15, 0.2) is 5.09 Å². The summed E-state index contributed by atoms with van der Waals surface area (Å²) < 4.78 is 11.6. The Labute approximate surface area is 141 Å². The van der Waals surface area contributed by atoms with Gasteiger partial charge in [-0.05, 0) is 37.6 Å². The number of nitrogens with zero attached hydrogens (tertiary/aromatic N) is 1. The molecule has 1 unspecified atom stereocenters. The number of aliphatic hydroxyl groups is 1. The van der Waals surface area contributed by atoms with E-state index in [-0.39, 0.29) is 12.7 Å². The molecule has 1 fully saturated rings. The van der Waals surface area contributed by atoms with Gasteiger partial charge in [-0.25, -0.2) is 0 Å². The molecule has 3 rings (SSSR count). The third-order valence-electron chi connectivity index (χ3n) is 3.93. The summed E-state index contributed by atoms with van der Waals surface area (Å²) in [6.45, 7) is 5.53. The quantitative estimate of drug-likeness (QED) is 0.878. The molecular formula is C18H23NO3S. The van der Waals surface area contributed by atoms with Crippen molar-refractivity contribution < 1.29 is 14.3 Å². The Bertz CT molecular complexity index is 609. The van der Waals surface area contributed by atoms with Crippen molar-refractivity contribution in [2.24, 2.45) is 0 Å². The summed E-state index contributed by atoms with van der Waals surface area (Å²) >= 11 is 1.64. The molecule has 23 heavy (non-hydrogen) atoms. The summed E-state index contributed by atoms with van der Waals surface area (Å²) in [5.74, 6) is 0.976. The van der Waals surface area contributed by atoms with E-state index in [0.717, 1.165) is 37.1 Å². The first-order valence-electron chi connectivity index (χ1n) is 8.01. The first-order valence-corrected chi connectivity index (χ1v) is 8.82. The lowest BCUT2D eigenvalue weighted by molar-refractivity contribution is -0.0424. The van der Waals surface area contributed by atoms with Crippen LogP contribution in [0.15, 0.2) is 50.8 Å². The van der Waals surface area contributed by atoms with Crippen LogP contribution in [0.1, 0.15) is 17.7 Å². The normalized spacial score (nSPS) is 19.1. The van der Waals surface area contributed by atoms with Crippen molar-refractivity contribution in [1.29, 1.82) is 0 Å². The van der Waals surface area contributed by atoms with Gasteiger partial charge in [-0.15, -0.1) is 0 Å². The molecular weight excluding hydrogens is 310 g/mol. The lowest BCUT2D eigenvalue weighted by atomic mass is 10.2. The highest BCUT2D eigenvalue weighted by Crippen LogP contribution is 2.29. The number of rotatable bonds is 6. The van der Waals surface area contributed by atoms with Crippen molar-refractivity contribution in [2.75, 3.05) is 26.3 Å². The largest absolute Gasteiger partial charge is 0.453 e. The van der Waals surface area contributed by atoms with Gasteiger partial charge in [-0.2, -0.15) is 0 Å². The molecule has 5 heteroatoms. The molecule has 0 bridgehead atoms. The molecule has 1 saturated heterocycles. The van der Waals surface area contributed by atoms with Crippen LogP contribution in [0.5, 0.6) is 0 Å². The van der Waals surface area contributed by atoms with E-state index in [1.54, 1.807) is 11.8 Å². The van der Waals surface area contributed by atoms with Crippen LogP contribution in [0.25, 0.3) is 0 Å². The number of morpholine rings is 1. The number of benzene rings is 1. The summed E-state index contributed by atoms with van der Waals surface area (Å²) in [5, 5.41) is 9.96. The van der Waals surface area contributed by atoms with E-state index in [0.29, 0.717) is 6.42 Å². The lowest BCUT2D eigenvalue weighted by Crippen LogP contribution is -2.42. The molecule has 2 heterocycles. The fourth-order valence-electron chi connectivity index (χ4n) is 2.68. The Morgan fingerprint density at radius 2 is 2.04 bits per heavy atom. The molecule has 1 aliphatic rings. The zero-order valence-electron chi connectivity index (χ0n) is 13.4. The Kier molecular flexibility index (Phi) is 5.78. The Balaban J connectivity index is 1.55. The second-order valence-corrected chi connectivity index (χ2v) is 6.95. The van der Waals surface area contributed by atoms with E-state index in [4.69, 9.17) is 14.3 Å². The highest BCUT2D eigenvalue weighted by atomic mass is 32.2. The molecule has 0 amide bonds. The van der Waals surface area contributed by atoms with Crippen LogP contribution in [0.4, 0.5) is 0 Å². The van der Waals surface area contributed by atoms with Gasteiger partial charge in [0.05, 0.1) is 19.3 Å². The van der Waals surface area contributed by atoms with E-state index < -0.39 is 0 Å². The van der Waals surface area contributed by atoms with Gasteiger partial charge in [0, 0.05) is 24.6 Å². The zero-order valence-corrected chi connectivity index (χ0v) is 14.2. The average molecular weight is 333 g/mol. The minimum absolute atomic E-state index is 0.130. The van der Waals surface area contributed by atoms with Crippen molar-refractivity contribution in [3.05, 3.63) is 47.7 Å². The minimum atomic E-state index is 0.130. The van der Waals surface area contributed by atoms with Crippen LogP contribution >= 0.6 is 11.8 Å². The summed E-state index contributed by atoms with van der Waals surface area (Å²) in [6, 6.07) is 12.5. The SMILES string of the molecule is Cc1ccc(Sc2ccc(CN3CCOC(CCO)C3)o2)cc1.